The molecule has 0 aliphatic carbocycles. The lowest BCUT2D eigenvalue weighted by Crippen LogP contribution is -2.18. The van der Waals surface area contributed by atoms with Crippen molar-refractivity contribution in [3.05, 3.63) is 23.3 Å². The molecule has 2 rings (SSSR count). The number of aryl methyl sites for hydroxylation is 1. The first kappa shape index (κ1) is 11.4. The van der Waals surface area contributed by atoms with E-state index in [1.165, 1.54) is 0 Å². The molecular formula is C12H12O5. The Morgan fingerprint density at radius 2 is 2.00 bits per heavy atom. The number of ether oxygens (including phenoxy) is 2. The van der Waals surface area contributed by atoms with Gasteiger partial charge in [-0.05, 0) is 18.1 Å². The minimum absolute atomic E-state index is 0.0240. The third-order valence-electron chi connectivity index (χ3n) is 2.54. The number of carbonyl (C=O) groups is 2. The summed E-state index contributed by atoms with van der Waals surface area (Å²) in [5, 5.41) is 8.65. The number of hydrogen-bond donors (Lipinski definition) is 1. The van der Waals surface area contributed by atoms with Gasteiger partial charge in [-0.15, -0.1) is 0 Å². The molecule has 5 nitrogen and oxygen atoms in total. The molecule has 0 atom stereocenters. The summed E-state index contributed by atoms with van der Waals surface area (Å²) < 4.78 is 10.8. The second-order valence-corrected chi connectivity index (χ2v) is 3.68. The lowest BCUT2D eigenvalue weighted by molar-refractivity contribution is -0.136. The topological polar surface area (TPSA) is 72.8 Å². The van der Waals surface area contributed by atoms with E-state index in [-0.39, 0.29) is 6.42 Å². The maximum absolute atomic E-state index is 10.8. The number of aldehydes is 1. The Labute approximate surface area is 98.0 Å². The van der Waals surface area contributed by atoms with Crippen molar-refractivity contribution in [3.63, 3.8) is 0 Å². The molecule has 1 N–H and O–H groups in total. The van der Waals surface area contributed by atoms with Gasteiger partial charge in [-0.25, -0.2) is 0 Å². The standard InChI is InChI=1S/C12H12O5/c13-7-9-2-1-8(3-4-10(14)15)11-12(9)17-6-5-16-11/h1-2,7H,3-6H2,(H,14,15). The summed E-state index contributed by atoms with van der Waals surface area (Å²) >= 11 is 0. The van der Waals surface area contributed by atoms with E-state index in [0.717, 1.165) is 5.56 Å². The Hall–Kier alpha value is -2.04. The van der Waals surface area contributed by atoms with Crippen LogP contribution in [0.15, 0.2) is 12.1 Å². The van der Waals surface area contributed by atoms with Crippen LogP contribution in [-0.2, 0) is 11.2 Å². The summed E-state index contributed by atoms with van der Waals surface area (Å²) in [4.78, 5) is 21.4. The van der Waals surface area contributed by atoms with Gasteiger partial charge >= 0.3 is 5.97 Å². The zero-order chi connectivity index (χ0) is 12.3. The molecule has 0 saturated carbocycles. The molecular weight excluding hydrogens is 224 g/mol. The van der Waals surface area contributed by atoms with Gasteiger partial charge in [0.2, 0.25) is 0 Å². The van der Waals surface area contributed by atoms with E-state index in [0.29, 0.717) is 43.0 Å². The van der Waals surface area contributed by atoms with E-state index in [1.54, 1.807) is 12.1 Å². The average Bonchev–Trinajstić information content (AvgIpc) is 2.35. The zero-order valence-corrected chi connectivity index (χ0v) is 9.14. The molecule has 1 heterocycles. The summed E-state index contributed by atoms with van der Waals surface area (Å²) in [7, 11) is 0. The van der Waals surface area contributed by atoms with Crippen LogP contribution in [0.25, 0.3) is 0 Å². The van der Waals surface area contributed by atoms with Crippen molar-refractivity contribution in [2.45, 2.75) is 12.8 Å². The maximum atomic E-state index is 10.8. The molecule has 17 heavy (non-hydrogen) atoms. The van der Waals surface area contributed by atoms with Crippen molar-refractivity contribution in [2.75, 3.05) is 13.2 Å². The molecule has 5 heteroatoms. The highest BCUT2D eigenvalue weighted by atomic mass is 16.6. The number of carboxylic acid groups (broad SMARTS) is 1. The fourth-order valence-electron chi connectivity index (χ4n) is 1.74. The van der Waals surface area contributed by atoms with Crippen molar-refractivity contribution in [1.82, 2.24) is 0 Å². The lowest BCUT2D eigenvalue weighted by Gasteiger charge is -2.22. The molecule has 90 valence electrons. The third kappa shape index (κ3) is 2.38. The Morgan fingerprint density at radius 3 is 2.65 bits per heavy atom. The second kappa shape index (κ2) is 4.86. The molecule has 0 unspecified atom stereocenters. The molecule has 1 aliphatic rings. The lowest BCUT2D eigenvalue weighted by atomic mass is 10.0. The van der Waals surface area contributed by atoms with Gasteiger partial charge in [-0.3, -0.25) is 9.59 Å². The summed E-state index contributed by atoms with van der Waals surface area (Å²) in [6.45, 7) is 0.811. The van der Waals surface area contributed by atoms with Gasteiger partial charge in [0.1, 0.15) is 13.2 Å². The summed E-state index contributed by atoms with van der Waals surface area (Å²) in [6.07, 6.45) is 1.09. The fraction of sp³-hybridized carbons (Fsp3) is 0.333. The average molecular weight is 236 g/mol. The Bertz CT molecular complexity index is 452. The van der Waals surface area contributed by atoms with E-state index in [1.807, 2.05) is 0 Å². The molecule has 0 spiro atoms. The SMILES string of the molecule is O=Cc1ccc(CCC(=O)O)c2c1OCCO2. The number of benzene rings is 1. The molecule has 0 bridgehead atoms. The van der Waals surface area contributed by atoms with Gasteiger partial charge in [0, 0.05) is 6.42 Å². The monoisotopic (exact) mass is 236 g/mol. The molecule has 0 fully saturated rings. The zero-order valence-electron chi connectivity index (χ0n) is 9.14. The first-order chi connectivity index (χ1) is 8.22. The molecule has 1 aliphatic heterocycles. The highest BCUT2D eigenvalue weighted by Crippen LogP contribution is 2.37. The first-order valence-corrected chi connectivity index (χ1v) is 5.31. The molecule has 0 saturated heterocycles. The molecule has 0 aromatic heterocycles. The Kier molecular flexibility index (Phi) is 3.27. The molecule has 0 amide bonds. The van der Waals surface area contributed by atoms with Crippen molar-refractivity contribution >= 4 is 12.3 Å². The van der Waals surface area contributed by atoms with E-state index in [4.69, 9.17) is 14.6 Å². The van der Waals surface area contributed by atoms with Gasteiger partial charge in [0.05, 0.1) is 5.56 Å². The number of carboxylic acids is 1. The van der Waals surface area contributed by atoms with Gasteiger partial charge < -0.3 is 14.6 Å². The Morgan fingerprint density at radius 1 is 1.29 bits per heavy atom. The summed E-state index contributed by atoms with van der Waals surface area (Å²) in [6, 6.07) is 3.33. The minimum Gasteiger partial charge on any atom is -0.486 e. The summed E-state index contributed by atoms with van der Waals surface area (Å²) in [5.74, 6) is 0.0613. The van der Waals surface area contributed by atoms with E-state index < -0.39 is 5.97 Å². The van der Waals surface area contributed by atoms with Gasteiger partial charge in [-0.2, -0.15) is 0 Å². The molecule has 1 aromatic carbocycles. The number of rotatable bonds is 4. The maximum Gasteiger partial charge on any atom is 0.303 e. The van der Waals surface area contributed by atoms with Crippen molar-refractivity contribution in [1.29, 1.82) is 0 Å². The van der Waals surface area contributed by atoms with Crippen LogP contribution in [0.1, 0.15) is 22.3 Å². The van der Waals surface area contributed by atoms with Gasteiger partial charge in [0.25, 0.3) is 0 Å². The van der Waals surface area contributed by atoms with Crippen LogP contribution < -0.4 is 9.47 Å². The van der Waals surface area contributed by atoms with E-state index in [9.17, 15) is 9.59 Å². The quantitative estimate of drug-likeness (QED) is 0.797. The fourth-order valence-corrected chi connectivity index (χ4v) is 1.74. The number of hydrogen-bond acceptors (Lipinski definition) is 4. The normalized spacial score (nSPS) is 13.2. The van der Waals surface area contributed by atoms with Crippen molar-refractivity contribution in [3.8, 4) is 11.5 Å². The highest BCUT2D eigenvalue weighted by molar-refractivity contribution is 5.82. The van der Waals surface area contributed by atoms with Crippen LogP contribution in [0.3, 0.4) is 0 Å². The van der Waals surface area contributed by atoms with Crippen LogP contribution >= 0.6 is 0 Å². The predicted molar refractivity (Wildman–Crippen MR) is 58.8 cm³/mol. The van der Waals surface area contributed by atoms with E-state index in [2.05, 4.69) is 0 Å². The largest absolute Gasteiger partial charge is 0.486 e. The minimum atomic E-state index is -0.866. The molecule has 0 radical (unpaired) electrons. The number of carbonyl (C=O) groups excluding carboxylic acids is 1. The second-order valence-electron chi connectivity index (χ2n) is 3.68. The van der Waals surface area contributed by atoms with Crippen LogP contribution in [-0.4, -0.2) is 30.6 Å². The van der Waals surface area contributed by atoms with E-state index >= 15 is 0 Å². The van der Waals surface area contributed by atoms with Gasteiger partial charge in [-0.1, -0.05) is 6.07 Å². The number of fused-ring (bicyclic) bond motifs is 1. The van der Waals surface area contributed by atoms with Crippen LogP contribution in [0, 0.1) is 0 Å². The highest BCUT2D eigenvalue weighted by Gasteiger charge is 2.20. The smallest absolute Gasteiger partial charge is 0.303 e. The van der Waals surface area contributed by atoms with Crippen molar-refractivity contribution < 1.29 is 24.2 Å². The van der Waals surface area contributed by atoms with Crippen LogP contribution in [0.2, 0.25) is 0 Å². The predicted octanol–water partition coefficient (Wildman–Crippen LogP) is 1.29. The Balaban J connectivity index is 2.33. The van der Waals surface area contributed by atoms with Crippen LogP contribution in [0.5, 0.6) is 11.5 Å². The van der Waals surface area contributed by atoms with Gasteiger partial charge in [0.15, 0.2) is 17.8 Å². The third-order valence-corrected chi connectivity index (χ3v) is 2.54. The first-order valence-electron chi connectivity index (χ1n) is 5.31. The number of aliphatic carboxylic acids is 1. The summed E-state index contributed by atoms with van der Waals surface area (Å²) in [5.41, 5.74) is 1.19. The molecule has 1 aromatic rings. The van der Waals surface area contributed by atoms with Crippen molar-refractivity contribution in [2.24, 2.45) is 0 Å². The van der Waals surface area contributed by atoms with Crippen LogP contribution in [0.4, 0.5) is 0 Å².